The molecule has 0 aliphatic heterocycles. The van der Waals surface area contributed by atoms with Gasteiger partial charge in [0.25, 0.3) is 0 Å². The minimum atomic E-state index is 0.0808. The molecular formula is C20H19ClN4OS. The lowest BCUT2D eigenvalue weighted by Crippen LogP contribution is -2.07. The number of nitrogens with zero attached hydrogens (tertiary/aromatic N) is 3. The summed E-state index contributed by atoms with van der Waals surface area (Å²) in [7, 11) is 0. The molecule has 7 heteroatoms. The first kappa shape index (κ1) is 17.9. The molecule has 0 aliphatic carbocycles. The van der Waals surface area contributed by atoms with E-state index in [1.807, 2.05) is 30.3 Å². The van der Waals surface area contributed by atoms with Gasteiger partial charge in [-0.3, -0.25) is 0 Å². The Morgan fingerprint density at radius 1 is 1.15 bits per heavy atom. The topological polar surface area (TPSA) is 63.8 Å². The van der Waals surface area contributed by atoms with Crippen molar-refractivity contribution in [1.29, 1.82) is 0 Å². The highest BCUT2D eigenvalue weighted by atomic mass is 35.5. The van der Waals surface area contributed by atoms with Crippen LogP contribution in [0.15, 0.2) is 47.2 Å². The van der Waals surface area contributed by atoms with Gasteiger partial charge < -0.3 is 9.84 Å². The van der Waals surface area contributed by atoms with Gasteiger partial charge in [-0.25, -0.2) is 9.97 Å². The SMILES string of the molecule is CC(C)(C)c1cc2c(NCc3cc(-c4ccccc4Cl)no3)ncnc2s1. The van der Waals surface area contributed by atoms with E-state index in [1.165, 1.54) is 4.88 Å². The molecule has 0 unspecified atom stereocenters. The Kier molecular flexibility index (Phi) is 4.61. The number of hydrogen-bond acceptors (Lipinski definition) is 6. The van der Waals surface area contributed by atoms with Crippen LogP contribution in [-0.4, -0.2) is 15.1 Å². The van der Waals surface area contributed by atoms with Crippen molar-refractivity contribution in [2.24, 2.45) is 0 Å². The predicted octanol–water partition coefficient (Wildman–Crippen LogP) is 5.91. The molecule has 0 atom stereocenters. The van der Waals surface area contributed by atoms with Gasteiger partial charge in [-0.2, -0.15) is 0 Å². The maximum Gasteiger partial charge on any atom is 0.156 e. The fourth-order valence-electron chi connectivity index (χ4n) is 2.73. The minimum absolute atomic E-state index is 0.0808. The normalized spacial score (nSPS) is 11.9. The summed E-state index contributed by atoms with van der Waals surface area (Å²) in [4.78, 5) is 11.1. The summed E-state index contributed by atoms with van der Waals surface area (Å²) in [5, 5.41) is 9.14. The number of aromatic nitrogens is 3. The number of fused-ring (bicyclic) bond motifs is 1. The van der Waals surface area contributed by atoms with Crippen molar-refractivity contribution < 1.29 is 4.52 Å². The summed E-state index contributed by atoms with van der Waals surface area (Å²) in [5.74, 6) is 1.50. The molecule has 3 aromatic heterocycles. The van der Waals surface area contributed by atoms with E-state index in [4.69, 9.17) is 16.1 Å². The molecule has 3 heterocycles. The number of benzene rings is 1. The van der Waals surface area contributed by atoms with Gasteiger partial charge in [-0.1, -0.05) is 55.7 Å². The van der Waals surface area contributed by atoms with Gasteiger partial charge in [-0.15, -0.1) is 11.3 Å². The second-order valence-electron chi connectivity index (χ2n) is 7.31. The minimum Gasteiger partial charge on any atom is -0.362 e. The summed E-state index contributed by atoms with van der Waals surface area (Å²) in [6, 6.07) is 11.6. The van der Waals surface area contributed by atoms with Crippen molar-refractivity contribution in [1.82, 2.24) is 15.1 Å². The Bertz CT molecular complexity index is 1100. The van der Waals surface area contributed by atoms with Gasteiger partial charge in [0, 0.05) is 16.5 Å². The van der Waals surface area contributed by atoms with Crippen molar-refractivity contribution in [2.45, 2.75) is 32.7 Å². The molecule has 4 aromatic rings. The smallest absolute Gasteiger partial charge is 0.156 e. The molecule has 0 bridgehead atoms. The summed E-state index contributed by atoms with van der Waals surface area (Å²) >= 11 is 7.93. The Morgan fingerprint density at radius 3 is 2.74 bits per heavy atom. The highest BCUT2D eigenvalue weighted by Gasteiger charge is 2.19. The summed E-state index contributed by atoms with van der Waals surface area (Å²) in [5.41, 5.74) is 1.65. The number of thiophene rings is 1. The van der Waals surface area contributed by atoms with Crippen LogP contribution in [-0.2, 0) is 12.0 Å². The van der Waals surface area contributed by atoms with Gasteiger partial charge in [0.1, 0.15) is 22.7 Å². The molecular weight excluding hydrogens is 380 g/mol. The summed E-state index contributed by atoms with van der Waals surface area (Å²) < 4.78 is 5.46. The number of anilines is 1. The first-order valence-electron chi connectivity index (χ1n) is 8.61. The molecule has 0 saturated carbocycles. The van der Waals surface area contributed by atoms with Gasteiger partial charge in [0.05, 0.1) is 17.0 Å². The number of rotatable bonds is 4. The van der Waals surface area contributed by atoms with Crippen LogP contribution in [0.1, 0.15) is 31.4 Å². The second kappa shape index (κ2) is 6.94. The van der Waals surface area contributed by atoms with Crippen LogP contribution in [0, 0.1) is 0 Å². The maximum atomic E-state index is 6.23. The van der Waals surface area contributed by atoms with Gasteiger partial charge in [-0.05, 0) is 17.5 Å². The lowest BCUT2D eigenvalue weighted by Gasteiger charge is -2.14. The van der Waals surface area contributed by atoms with E-state index in [1.54, 1.807) is 17.7 Å². The highest BCUT2D eigenvalue weighted by molar-refractivity contribution is 7.18. The average molecular weight is 399 g/mol. The molecule has 5 nitrogen and oxygen atoms in total. The van der Waals surface area contributed by atoms with Crippen LogP contribution >= 0.6 is 22.9 Å². The molecule has 0 spiro atoms. The average Bonchev–Trinajstić information content (AvgIpc) is 3.27. The Balaban J connectivity index is 1.56. The second-order valence-corrected chi connectivity index (χ2v) is 8.75. The van der Waals surface area contributed by atoms with Crippen LogP contribution < -0.4 is 5.32 Å². The lowest BCUT2D eigenvalue weighted by molar-refractivity contribution is 0.390. The number of hydrogen-bond donors (Lipinski definition) is 1. The Hall–Kier alpha value is -2.44. The summed E-state index contributed by atoms with van der Waals surface area (Å²) in [6.45, 7) is 7.07. The van der Waals surface area contributed by atoms with Crippen LogP contribution in [0.4, 0.5) is 5.82 Å². The zero-order valence-electron chi connectivity index (χ0n) is 15.3. The fraction of sp³-hybridized carbons (Fsp3) is 0.250. The largest absolute Gasteiger partial charge is 0.362 e. The van der Waals surface area contributed by atoms with E-state index in [-0.39, 0.29) is 5.41 Å². The number of halogens is 1. The summed E-state index contributed by atoms with van der Waals surface area (Å²) in [6.07, 6.45) is 1.59. The monoisotopic (exact) mass is 398 g/mol. The van der Waals surface area contributed by atoms with Gasteiger partial charge >= 0.3 is 0 Å². The van der Waals surface area contributed by atoms with Crippen molar-refractivity contribution in [3.63, 3.8) is 0 Å². The first-order valence-corrected chi connectivity index (χ1v) is 9.80. The quantitative estimate of drug-likeness (QED) is 0.463. The van der Waals surface area contributed by atoms with Crippen LogP contribution in [0.5, 0.6) is 0 Å². The molecule has 1 N–H and O–H groups in total. The van der Waals surface area contributed by atoms with Crippen molar-refractivity contribution in [2.75, 3.05) is 5.32 Å². The predicted molar refractivity (Wildman–Crippen MR) is 110 cm³/mol. The van der Waals surface area contributed by atoms with Crippen molar-refractivity contribution in [3.05, 3.63) is 58.4 Å². The Morgan fingerprint density at radius 2 is 1.96 bits per heavy atom. The third kappa shape index (κ3) is 3.68. The zero-order valence-corrected chi connectivity index (χ0v) is 16.9. The molecule has 0 radical (unpaired) electrons. The van der Waals surface area contributed by atoms with Crippen molar-refractivity contribution >= 4 is 39.0 Å². The van der Waals surface area contributed by atoms with Gasteiger partial charge in [0.2, 0.25) is 0 Å². The number of nitrogens with one attached hydrogen (secondary N) is 1. The van der Waals surface area contributed by atoms with Crippen LogP contribution in [0.25, 0.3) is 21.5 Å². The first-order chi connectivity index (χ1) is 12.9. The fourth-order valence-corrected chi connectivity index (χ4v) is 4.02. The molecule has 27 heavy (non-hydrogen) atoms. The molecule has 0 fully saturated rings. The zero-order chi connectivity index (χ0) is 19.0. The van der Waals surface area contributed by atoms with E-state index in [9.17, 15) is 0 Å². The highest BCUT2D eigenvalue weighted by Crippen LogP contribution is 2.35. The third-order valence-electron chi connectivity index (χ3n) is 4.21. The van der Waals surface area contributed by atoms with Gasteiger partial charge in [0.15, 0.2) is 5.76 Å². The standard InChI is InChI=1S/C20H19ClN4OS/c1-20(2,3)17-9-14-18(23-11-24-19(14)27-17)22-10-12-8-16(25-26-12)13-6-4-5-7-15(13)21/h4-9,11H,10H2,1-3H3,(H,22,23,24). The van der Waals surface area contributed by atoms with Crippen LogP contribution in [0.2, 0.25) is 5.02 Å². The molecule has 4 rings (SSSR count). The molecule has 1 aromatic carbocycles. The molecule has 0 aliphatic rings. The van der Waals surface area contributed by atoms with Crippen LogP contribution in [0.3, 0.4) is 0 Å². The third-order valence-corrected chi connectivity index (χ3v) is 6.01. The van der Waals surface area contributed by atoms with E-state index >= 15 is 0 Å². The maximum absolute atomic E-state index is 6.23. The lowest BCUT2D eigenvalue weighted by atomic mass is 9.94. The molecule has 138 valence electrons. The van der Waals surface area contributed by atoms with E-state index in [0.29, 0.717) is 17.3 Å². The van der Waals surface area contributed by atoms with E-state index in [0.717, 1.165) is 27.3 Å². The Labute approximate surface area is 166 Å². The van der Waals surface area contributed by atoms with Crippen molar-refractivity contribution in [3.8, 4) is 11.3 Å². The van der Waals surface area contributed by atoms with E-state index in [2.05, 4.69) is 47.3 Å². The van der Waals surface area contributed by atoms with E-state index < -0.39 is 0 Å². The molecule has 0 saturated heterocycles. The molecule has 0 amide bonds.